The molecule has 168 valence electrons. The van der Waals surface area contributed by atoms with Crippen LogP contribution in [0.4, 0.5) is 11.5 Å². The average Bonchev–Trinajstić information content (AvgIpc) is 3.25. The first-order chi connectivity index (χ1) is 16.0. The summed E-state index contributed by atoms with van der Waals surface area (Å²) in [4.78, 5) is 28.1. The fourth-order valence-electron chi connectivity index (χ4n) is 4.07. The van der Waals surface area contributed by atoms with Crippen LogP contribution in [-0.2, 0) is 16.1 Å². The van der Waals surface area contributed by atoms with E-state index < -0.39 is 0 Å². The van der Waals surface area contributed by atoms with Crippen molar-refractivity contribution in [1.29, 1.82) is 0 Å². The summed E-state index contributed by atoms with van der Waals surface area (Å²) in [7, 11) is 0. The lowest BCUT2D eigenvalue weighted by Gasteiger charge is -2.35. The summed E-state index contributed by atoms with van der Waals surface area (Å²) in [6.07, 6.45) is 7.02. The molecule has 0 radical (unpaired) electrons. The normalized spacial score (nSPS) is 18.4. The number of pyridine rings is 1. The number of nitrogens with zero attached hydrogens (tertiary/aromatic N) is 6. The summed E-state index contributed by atoms with van der Waals surface area (Å²) in [5.74, 6) is 1.31. The summed E-state index contributed by atoms with van der Waals surface area (Å²) < 4.78 is 7.36. The van der Waals surface area contributed by atoms with Gasteiger partial charge in [0.1, 0.15) is 12.4 Å². The largest absolute Gasteiger partial charge is 0.372 e. The molecule has 3 aromatic heterocycles. The molecule has 4 aromatic rings. The van der Waals surface area contributed by atoms with Crippen molar-refractivity contribution in [3.8, 4) is 11.4 Å². The van der Waals surface area contributed by atoms with E-state index in [1.807, 2.05) is 61.3 Å². The zero-order valence-corrected chi connectivity index (χ0v) is 18.5. The van der Waals surface area contributed by atoms with Gasteiger partial charge in [0.15, 0.2) is 5.82 Å². The predicted molar refractivity (Wildman–Crippen MR) is 125 cm³/mol. The molecule has 0 aliphatic carbocycles. The van der Waals surface area contributed by atoms with Gasteiger partial charge >= 0.3 is 0 Å². The van der Waals surface area contributed by atoms with Gasteiger partial charge in [0.25, 0.3) is 0 Å². The molecule has 1 N–H and O–H groups in total. The van der Waals surface area contributed by atoms with Gasteiger partial charge in [-0.1, -0.05) is 12.1 Å². The summed E-state index contributed by atoms with van der Waals surface area (Å²) in [6, 6.07) is 11.6. The van der Waals surface area contributed by atoms with Crippen LogP contribution in [0.2, 0.25) is 0 Å². The minimum atomic E-state index is 0.0270. The Labute approximate surface area is 191 Å². The maximum Gasteiger partial charge on any atom is 0.244 e. The molecule has 1 fully saturated rings. The van der Waals surface area contributed by atoms with Gasteiger partial charge in [-0.05, 0) is 38.1 Å². The minimum absolute atomic E-state index is 0.0270. The zero-order chi connectivity index (χ0) is 22.8. The minimum Gasteiger partial charge on any atom is -0.372 e. The highest BCUT2D eigenvalue weighted by Gasteiger charge is 2.26. The monoisotopic (exact) mass is 443 g/mol. The lowest BCUT2D eigenvalue weighted by Crippen LogP contribution is -2.49. The standard InChI is InChI=1S/C24H25N7O2/c1-16-12-30(13-17(2)33-16)22(32)15-31-14-19(11-26-31)27-24-20-5-3-4-6-21(20)28-23(29-24)18-7-9-25-10-8-18/h3-11,14,16-17H,12-13,15H2,1-2H3,(H,27,28,29). The third-order valence-electron chi connectivity index (χ3n) is 5.51. The van der Waals surface area contributed by atoms with E-state index in [4.69, 9.17) is 14.7 Å². The number of benzene rings is 1. The van der Waals surface area contributed by atoms with E-state index in [0.717, 1.165) is 22.2 Å². The van der Waals surface area contributed by atoms with Crippen LogP contribution in [0.3, 0.4) is 0 Å². The van der Waals surface area contributed by atoms with Gasteiger partial charge in [-0.25, -0.2) is 9.97 Å². The van der Waals surface area contributed by atoms with Crippen LogP contribution >= 0.6 is 0 Å². The van der Waals surface area contributed by atoms with E-state index in [1.54, 1.807) is 23.3 Å². The smallest absolute Gasteiger partial charge is 0.244 e. The van der Waals surface area contributed by atoms with Crippen LogP contribution in [0.1, 0.15) is 13.8 Å². The number of carbonyl (C=O) groups is 1. The predicted octanol–water partition coefficient (Wildman–Crippen LogP) is 3.27. The Hall–Kier alpha value is -3.85. The Kier molecular flexibility index (Phi) is 5.70. The molecule has 0 spiro atoms. The Morgan fingerprint density at radius 2 is 1.85 bits per heavy atom. The third kappa shape index (κ3) is 4.68. The number of aromatic nitrogens is 5. The molecule has 1 saturated heterocycles. The zero-order valence-electron chi connectivity index (χ0n) is 18.5. The highest BCUT2D eigenvalue weighted by molar-refractivity contribution is 5.92. The lowest BCUT2D eigenvalue weighted by atomic mass is 10.2. The molecule has 1 aromatic carbocycles. The topological polar surface area (TPSA) is 98.1 Å². The fourth-order valence-corrected chi connectivity index (χ4v) is 4.07. The second kappa shape index (κ2) is 8.95. The van der Waals surface area contributed by atoms with E-state index in [2.05, 4.69) is 15.4 Å². The number of fused-ring (bicyclic) bond motifs is 1. The molecule has 9 heteroatoms. The Morgan fingerprint density at radius 1 is 1.09 bits per heavy atom. The number of para-hydroxylation sites is 1. The second-order valence-electron chi connectivity index (χ2n) is 8.26. The number of ether oxygens (including phenoxy) is 1. The first-order valence-electron chi connectivity index (χ1n) is 10.9. The molecule has 1 aliphatic rings. The first-order valence-corrected chi connectivity index (χ1v) is 10.9. The molecule has 0 bridgehead atoms. The Balaban J connectivity index is 1.37. The van der Waals surface area contributed by atoms with Gasteiger partial charge in [0.2, 0.25) is 5.91 Å². The number of hydrogen-bond donors (Lipinski definition) is 1. The molecule has 5 rings (SSSR count). The molecular weight excluding hydrogens is 418 g/mol. The SMILES string of the molecule is CC1CN(C(=O)Cn2cc(Nc3nc(-c4ccncc4)nc4ccccc34)cn2)CC(C)O1. The van der Waals surface area contributed by atoms with Crippen LogP contribution in [-0.4, -0.2) is 60.8 Å². The Bertz CT molecular complexity index is 1260. The molecule has 2 unspecified atom stereocenters. The van der Waals surface area contributed by atoms with Crippen LogP contribution in [0.15, 0.2) is 61.2 Å². The van der Waals surface area contributed by atoms with Crippen molar-refractivity contribution >= 4 is 28.3 Å². The van der Waals surface area contributed by atoms with Crippen LogP contribution in [0.5, 0.6) is 0 Å². The summed E-state index contributed by atoms with van der Waals surface area (Å²) in [5.41, 5.74) is 2.46. The molecular formula is C24H25N7O2. The summed E-state index contributed by atoms with van der Waals surface area (Å²) >= 11 is 0. The van der Waals surface area contributed by atoms with Crippen molar-refractivity contribution in [3.63, 3.8) is 0 Å². The fraction of sp³-hybridized carbons (Fsp3) is 0.292. The molecule has 4 heterocycles. The molecule has 33 heavy (non-hydrogen) atoms. The number of anilines is 2. The van der Waals surface area contributed by atoms with Crippen molar-refractivity contribution in [3.05, 3.63) is 61.2 Å². The molecule has 9 nitrogen and oxygen atoms in total. The van der Waals surface area contributed by atoms with Crippen molar-refractivity contribution in [2.24, 2.45) is 0 Å². The van der Waals surface area contributed by atoms with Gasteiger partial charge in [0, 0.05) is 42.6 Å². The molecule has 0 saturated carbocycles. The molecule has 1 aliphatic heterocycles. The van der Waals surface area contributed by atoms with Gasteiger partial charge in [-0.3, -0.25) is 14.5 Å². The van der Waals surface area contributed by atoms with Crippen LogP contribution in [0, 0.1) is 0 Å². The highest BCUT2D eigenvalue weighted by atomic mass is 16.5. The van der Waals surface area contributed by atoms with Crippen molar-refractivity contribution in [2.45, 2.75) is 32.6 Å². The van der Waals surface area contributed by atoms with E-state index in [-0.39, 0.29) is 24.7 Å². The first kappa shape index (κ1) is 21.0. The second-order valence-corrected chi connectivity index (χ2v) is 8.26. The van der Waals surface area contributed by atoms with Gasteiger partial charge in [-0.15, -0.1) is 0 Å². The average molecular weight is 444 g/mol. The van der Waals surface area contributed by atoms with E-state index in [9.17, 15) is 4.79 Å². The number of amides is 1. The maximum atomic E-state index is 12.8. The van der Waals surface area contributed by atoms with Crippen LogP contribution in [0.25, 0.3) is 22.3 Å². The number of carbonyl (C=O) groups excluding carboxylic acids is 1. The maximum absolute atomic E-state index is 12.8. The van der Waals surface area contributed by atoms with Crippen molar-refractivity contribution in [1.82, 2.24) is 29.6 Å². The lowest BCUT2D eigenvalue weighted by molar-refractivity contribution is -0.144. The molecule has 1 amide bonds. The number of morpholine rings is 1. The van der Waals surface area contributed by atoms with Crippen LogP contribution < -0.4 is 5.32 Å². The number of nitrogens with one attached hydrogen (secondary N) is 1. The van der Waals surface area contributed by atoms with Gasteiger partial charge in [-0.2, -0.15) is 5.10 Å². The third-order valence-corrected chi connectivity index (χ3v) is 5.51. The summed E-state index contributed by atoms with van der Waals surface area (Å²) in [5, 5.41) is 8.62. The number of rotatable bonds is 5. The van der Waals surface area contributed by atoms with Crippen molar-refractivity contribution < 1.29 is 9.53 Å². The van der Waals surface area contributed by atoms with E-state index in [1.165, 1.54) is 0 Å². The summed E-state index contributed by atoms with van der Waals surface area (Å²) in [6.45, 7) is 5.34. The quantitative estimate of drug-likeness (QED) is 0.505. The van der Waals surface area contributed by atoms with E-state index in [0.29, 0.717) is 24.7 Å². The number of hydrogen-bond acceptors (Lipinski definition) is 7. The van der Waals surface area contributed by atoms with Crippen molar-refractivity contribution in [2.75, 3.05) is 18.4 Å². The Morgan fingerprint density at radius 3 is 2.64 bits per heavy atom. The highest BCUT2D eigenvalue weighted by Crippen LogP contribution is 2.27. The van der Waals surface area contributed by atoms with E-state index >= 15 is 0 Å². The van der Waals surface area contributed by atoms with Gasteiger partial charge < -0.3 is 15.0 Å². The van der Waals surface area contributed by atoms with Gasteiger partial charge in [0.05, 0.1) is 29.6 Å². The molecule has 2 atom stereocenters.